The Balaban J connectivity index is 1.69. The van der Waals surface area contributed by atoms with Crippen molar-refractivity contribution < 1.29 is 31.9 Å². The highest BCUT2D eigenvalue weighted by Crippen LogP contribution is 2.34. The minimum absolute atomic E-state index is 0.102. The first-order chi connectivity index (χ1) is 20.6. The molecule has 11 heteroatoms. The van der Waals surface area contributed by atoms with Crippen LogP contribution in [-0.4, -0.2) is 64.0 Å². The molecule has 0 radical (unpaired) electrons. The van der Waals surface area contributed by atoms with Crippen molar-refractivity contribution in [3.63, 3.8) is 0 Å². The van der Waals surface area contributed by atoms with E-state index >= 15 is 0 Å². The van der Waals surface area contributed by atoms with Gasteiger partial charge in [-0.25, -0.2) is 12.8 Å². The van der Waals surface area contributed by atoms with Gasteiger partial charge in [-0.3, -0.25) is 13.9 Å². The Morgan fingerprint density at radius 2 is 1.63 bits per heavy atom. The van der Waals surface area contributed by atoms with Gasteiger partial charge in [-0.1, -0.05) is 51.1 Å². The first kappa shape index (κ1) is 31.8. The van der Waals surface area contributed by atoms with Gasteiger partial charge in [0.1, 0.15) is 31.6 Å². The summed E-state index contributed by atoms with van der Waals surface area (Å²) >= 11 is 0. The average molecular weight is 612 g/mol. The maximum atomic E-state index is 14.1. The molecule has 1 heterocycles. The van der Waals surface area contributed by atoms with Gasteiger partial charge in [-0.2, -0.15) is 0 Å². The summed E-state index contributed by atoms with van der Waals surface area (Å²) in [4.78, 5) is 28.7. The van der Waals surface area contributed by atoms with Gasteiger partial charge in [0.2, 0.25) is 11.8 Å². The molecule has 0 spiro atoms. The molecule has 2 amide bonds. The summed E-state index contributed by atoms with van der Waals surface area (Å²) in [5.74, 6) is -0.521. The second kappa shape index (κ2) is 14.4. The molecule has 1 atom stereocenters. The first-order valence-electron chi connectivity index (χ1n) is 14.4. The van der Waals surface area contributed by atoms with Crippen LogP contribution in [0.15, 0.2) is 77.7 Å². The fourth-order valence-corrected chi connectivity index (χ4v) is 6.20. The van der Waals surface area contributed by atoms with Crippen LogP contribution in [0, 0.1) is 11.7 Å². The number of carbonyl (C=O) groups is 2. The molecule has 43 heavy (non-hydrogen) atoms. The van der Waals surface area contributed by atoms with E-state index in [0.717, 1.165) is 22.0 Å². The number of rotatable bonds is 13. The SMILES string of the molecule is CC[C@H](C(=O)NCC(C)C)N(CCc1ccccc1)C(=O)CN(c1ccc(F)cc1)S(=O)(=O)c1ccc2c(c1)OCCO2. The average Bonchev–Trinajstić information content (AvgIpc) is 3.01. The standard InChI is InChI=1S/C32H38FN3O6S/c1-4-28(32(38)34-21-23(2)3)35(17-16-24-8-6-5-7-9-24)31(37)22-36(26-12-10-25(33)11-13-26)43(39,40)27-14-15-29-30(20-27)42-19-18-41-29/h5-15,20,23,28H,4,16-19,21-22H2,1-3H3,(H,34,38)/t28-/m1/s1. The van der Waals surface area contributed by atoms with Crippen LogP contribution in [0.25, 0.3) is 0 Å². The highest BCUT2D eigenvalue weighted by Gasteiger charge is 2.34. The maximum Gasteiger partial charge on any atom is 0.264 e. The Bertz CT molecular complexity index is 1500. The monoisotopic (exact) mass is 611 g/mol. The van der Waals surface area contributed by atoms with Gasteiger partial charge in [-0.15, -0.1) is 0 Å². The molecule has 0 saturated heterocycles. The molecule has 0 bridgehead atoms. The number of carbonyl (C=O) groups excluding carboxylic acids is 2. The van der Waals surface area contributed by atoms with Crippen LogP contribution in [0.1, 0.15) is 32.8 Å². The molecule has 1 N–H and O–H groups in total. The van der Waals surface area contributed by atoms with E-state index in [9.17, 15) is 22.4 Å². The zero-order valence-corrected chi connectivity index (χ0v) is 25.5. The zero-order valence-electron chi connectivity index (χ0n) is 24.7. The Labute approximate surface area is 252 Å². The zero-order chi connectivity index (χ0) is 31.0. The minimum Gasteiger partial charge on any atom is -0.486 e. The number of sulfonamides is 1. The van der Waals surface area contributed by atoms with Crippen LogP contribution < -0.4 is 19.1 Å². The minimum atomic E-state index is -4.34. The molecule has 1 aliphatic heterocycles. The molecule has 4 rings (SSSR count). The van der Waals surface area contributed by atoms with E-state index in [1.54, 1.807) is 0 Å². The van der Waals surface area contributed by atoms with Crippen molar-refractivity contribution in [3.8, 4) is 11.5 Å². The summed E-state index contributed by atoms with van der Waals surface area (Å²) in [6.45, 7) is 6.40. The van der Waals surface area contributed by atoms with Crippen molar-refractivity contribution in [2.45, 2.75) is 44.6 Å². The Morgan fingerprint density at radius 1 is 0.953 bits per heavy atom. The van der Waals surface area contributed by atoms with Gasteiger partial charge in [0, 0.05) is 19.2 Å². The van der Waals surface area contributed by atoms with E-state index in [1.807, 2.05) is 51.1 Å². The second-order valence-electron chi connectivity index (χ2n) is 10.7. The first-order valence-corrected chi connectivity index (χ1v) is 15.8. The summed E-state index contributed by atoms with van der Waals surface area (Å²) in [5, 5.41) is 2.91. The smallest absolute Gasteiger partial charge is 0.264 e. The predicted molar refractivity (Wildman–Crippen MR) is 162 cm³/mol. The third kappa shape index (κ3) is 8.04. The van der Waals surface area contributed by atoms with Gasteiger partial charge in [-0.05, 0) is 60.7 Å². The number of anilines is 1. The summed E-state index contributed by atoms with van der Waals surface area (Å²) in [7, 11) is -4.34. The van der Waals surface area contributed by atoms with E-state index in [0.29, 0.717) is 31.7 Å². The van der Waals surface area contributed by atoms with Gasteiger partial charge in [0.05, 0.1) is 10.6 Å². The molecule has 0 aromatic heterocycles. The van der Waals surface area contributed by atoms with E-state index in [2.05, 4.69) is 5.32 Å². The van der Waals surface area contributed by atoms with Gasteiger partial charge >= 0.3 is 0 Å². The number of fused-ring (bicyclic) bond motifs is 1. The molecule has 230 valence electrons. The molecular formula is C32H38FN3O6S. The molecule has 0 unspecified atom stereocenters. The predicted octanol–water partition coefficient (Wildman–Crippen LogP) is 4.41. The molecule has 1 aliphatic rings. The lowest BCUT2D eigenvalue weighted by molar-refractivity contribution is -0.139. The Hall–Kier alpha value is -4.12. The summed E-state index contributed by atoms with van der Waals surface area (Å²) in [5.41, 5.74) is 1.07. The highest BCUT2D eigenvalue weighted by atomic mass is 32.2. The van der Waals surface area contributed by atoms with Crippen LogP contribution in [0.2, 0.25) is 0 Å². The lowest BCUT2D eigenvalue weighted by atomic mass is 10.1. The van der Waals surface area contributed by atoms with Crippen molar-refractivity contribution >= 4 is 27.5 Å². The van der Waals surface area contributed by atoms with Crippen LogP contribution >= 0.6 is 0 Å². The number of nitrogens with one attached hydrogen (secondary N) is 1. The van der Waals surface area contributed by atoms with Crippen molar-refractivity contribution in [1.29, 1.82) is 0 Å². The lowest BCUT2D eigenvalue weighted by Gasteiger charge is -2.33. The van der Waals surface area contributed by atoms with Crippen molar-refractivity contribution in [2.75, 3.05) is 37.2 Å². The number of ether oxygens (including phenoxy) is 2. The normalized spacial score (nSPS) is 13.3. The highest BCUT2D eigenvalue weighted by molar-refractivity contribution is 7.92. The molecule has 9 nitrogen and oxygen atoms in total. The van der Waals surface area contributed by atoms with Gasteiger partial charge in [0.15, 0.2) is 11.5 Å². The van der Waals surface area contributed by atoms with Gasteiger partial charge < -0.3 is 19.7 Å². The van der Waals surface area contributed by atoms with Crippen LogP contribution in [0.4, 0.5) is 10.1 Å². The summed E-state index contributed by atoms with van der Waals surface area (Å²) < 4.78 is 54.1. The quantitative estimate of drug-likeness (QED) is 0.307. The Morgan fingerprint density at radius 3 is 2.28 bits per heavy atom. The second-order valence-corrected chi connectivity index (χ2v) is 12.5. The third-order valence-electron chi connectivity index (χ3n) is 7.05. The fourth-order valence-electron chi connectivity index (χ4n) is 4.77. The lowest BCUT2D eigenvalue weighted by Crippen LogP contribution is -2.53. The van der Waals surface area contributed by atoms with Gasteiger partial charge in [0.25, 0.3) is 10.0 Å². The molecular weight excluding hydrogens is 573 g/mol. The van der Waals surface area contributed by atoms with Crippen LogP contribution in [0.5, 0.6) is 11.5 Å². The summed E-state index contributed by atoms with van der Waals surface area (Å²) in [6, 6.07) is 17.8. The van der Waals surface area contributed by atoms with Crippen LogP contribution in [0.3, 0.4) is 0 Å². The van der Waals surface area contributed by atoms with Crippen molar-refractivity contribution in [1.82, 2.24) is 10.2 Å². The number of amides is 2. The number of hydrogen-bond donors (Lipinski definition) is 1. The molecule has 0 fully saturated rings. The summed E-state index contributed by atoms with van der Waals surface area (Å²) in [6.07, 6.45) is 0.794. The number of hydrogen-bond acceptors (Lipinski definition) is 6. The van der Waals surface area contributed by atoms with E-state index in [1.165, 1.54) is 35.2 Å². The maximum absolute atomic E-state index is 14.1. The van der Waals surface area contributed by atoms with Crippen LogP contribution in [-0.2, 0) is 26.0 Å². The molecule has 3 aromatic carbocycles. The largest absolute Gasteiger partial charge is 0.486 e. The number of halogens is 1. The third-order valence-corrected chi connectivity index (χ3v) is 8.82. The fraction of sp³-hybridized carbons (Fsp3) is 0.375. The molecule has 3 aromatic rings. The van der Waals surface area contributed by atoms with Crippen molar-refractivity contribution in [3.05, 3.63) is 84.2 Å². The number of benzene rings is 3. The van der Waals surface area contributed by atoms with E-state index in [4.69, 9.17) is 9.47 Å². The van der Waals surface area contributed by atoms with E-state index in [-0.39, 0.29) is 41.3 Å². The number of nitrogens with zero attached hydrogens (tertiary/aromatic N) is 2. The van der Waals surface area contributed by atoms with Crippen molar-refractivity contribution in [2.24, 2.45) is 5.92 Å². The van der Waals surface area contributed by atoms with E-state index < -0.39 is 34.3 Å². The Kier molecular flexibility index (Phi) is 10.6. The molecule has 0 aliphatic carbocycles. The topological polar surface area (TPSA) is 105 Å². The molecule has 0 saturated carbocycles.